The van der Waals surface area contributed by atoms with Crippen LogP contribution in [0.3, 0.4) is 0 Å². The van der Waals surface area contributed by atoms with Gasteiger partial charge >= 0.3 is 0 Å². The van der Waals surface area contributed by atoms with Gasteiger partial charge < -0.3 is 10.8 Å². The van der Waals surface area contributed by atoms with E-state index in [2.05, 4.69) is 0 Å². The Labute approximate surface area is 96.1 Å². The first-order valence-electron chi connectivity index (χ1n) is 5.25. The molecule has 2 nitrogen and oxygen atoms in total. The molecule has 3 N–H and O–H groups in total. The maximum absolute atomic E-state index is 10.1. The fourth-order valence-electron chi connectivity index (χ4n) is 1.67. The second-order valence-electron chi connectivity index (χ2n) is 3.83. The van der Waals surface area contributed by atoms with Crippen molar-refractivity contribution in [3.8, 4) is 0 Å². The molecule has 0 aliphatic rings. The number of aliphatic hydroxyl groups excluding tert-OH is 1. The summed E-state index contributed by atoms with van der Waals surface area (Å²) in [5.41, 5.74) is 7.38. The monoisotopic (exact) mass is 227 g/mol. The standard InChI is InChI=1S/C12H18ClNO/c1-3-9(7-14)12(15)10-6-4-5-8(2)11(10)13/h4-6,9,12,15H,3,7,14H2,1-2H3. The number of hydrogen-bond acceptors (Lipinski definition) is 2. The molecule has 1 aromatic rings. The molecule has 0 aliphatic heterocycles. The lowest BCUT2D eigenvalue weighted by molar-refractivity contribution is 0.110. The molecule has 0 spiro atoms. The summed E-state index contributed by atoms with van der Waals surface area (Å²) in [5, 5.41) is 10.8. The highest BCUT2D eigenvalue weighted by atomic mass is 35.5. The zero-order valence-electron chi connectivity index (χ0n) is 9.20. The third-order valence-electron chi connectivity index (χ3n) is 2.81. The van der Waals surface area contributed by atoms with Crippen molar-refractivity contribution in [1.29, 1.82) is 0 Å². The first-order valence-corrected chi connectivity index (χ1v) is 5.62. The summed E-state index contributed by atoms with van der Waals surface area (Å²) in [5.74, 6) is 0.0734. The highest BCUT2D eigenvalue weighted by molar-refractivity contribution is 6.32. The molecule has 84 valence electrons. The van der Waals surface area contributed by atoms with Gasteiger partial charge in [-0.15, -0.1) is 0 Å². The third-order valence-corrected chi connectivity index (χ3v) is 3.33. The molecule has 1 aromatic carbocycles. The van der Waals surface area contributed by atoms with Gasteiger partial charge in [0.1, 0.15) is 0 Å². The zero-order valence-corrected chi connectivity index (χ0v) is 9.96. The lowest BCUT2D eigenvalue weighted by Gasteiger charge is -2.21. The van der Waals surface area contributed by atoms with Crippen molar-refractivity contribution >= 4 is 11.6 Å². The molecule has 0 amide bonds. The average molecular weight is 228 g/mol. The van der Waals surface area contributed by atoms with Gasteiger partial charge in [0.05, 0.1) is 6.10 Å². The molecule has 0 bridgehead atoms. The molecule has 0 fully saturated rings. The summed E-state index contributed by atoms with van der Waals surface area (Å²) in [4.78, 5) is 0. The van der Waals surface area contributed by atoms with Gasteiger partial charge in [-0.05, 0) is 31.0 Å². The van der Waals surface area contributed by atoms with E-state index in [0.29, 0.717) is 11.6 Å². The van der Waals surface area contributed by atoms with Crippen molar-refractivity contribution in [2.24, 2.45) is 11.7 Å². The van der Waals surface area contributed by atoms with Crippen molar-refractivity contribution in [1.82, 2.24) is 0 Å². The Morgan fingerprint density at radius 2 is 2.13 bits per heavy atom. The van der Waals surface area contributed by atoms with Gasteiger partial charge in [-0.1, -0.05) is 36.7 Å². The van der Waals surface area contributed by atoms with E-state index < -0.39 is 6.10 Å². The minimum atomic E-state index is -0.563. The molecule has 3 heteroatoms. The molecule has 15 heavy (non-hydrogen) atoms. The SMILES string of the molecule is CCC(CN)C(O)c1cccc(C)c1Cl. The van der Waals surface area contributed by atoms with Crippen molar-refractivity contribution in [2.45, 2.75) is 26.4 Å². The minimum absolute atomic E-state index is 0.0734. The summed E-state index contributed by atoms with van der Waals surface area (Å²) >= 11 is 6.15. The number of nitrogens with two attached hydrogens (primary N) is 1. The molecule has 2 unspecified atom stereocenters. The number of aryl methyl sites for hydroxylation is 1. The number of halogens is 1. The van der Waals surface area contributed by atoms with Gasteiger partial charge in [-0.2, -0.15) is 0 Å². The lowest BCUT2D eigenvalue weighted by Crippen LogP contribution is -2.21. The lowest BCUT2D eigenvalue weighted by atomic mass is 9.93. The summed E-state index contributed by atoms with van der Waals surface area (Å²) in [6.45, 7) is 4.42. The van der Waals surface area contributed by atoms with Gasteiger partial charge in [0.15, 0.2) is 0 Å². The van der Waals surface area contributed by atoms with Crippen LogP contribution < -0.4 is 5.73 Å². The minimum Gasteiger partial charge on any atom is -0.388 e. The van der Waals surface area contributed by atoms with Crippen LogP contribution in [0.15, 0.2) is 18.2 Å². The average Bonchev–Trinajstić information content (AvgIpc) is 2.23. The van der Waals surface area contributed by atoms with Crippen LogP contribution in [0.4, 0.5) is 0 Å². The molecule has 0 heterocycles. The van der Waals surface area contributed by atoms with Crippen LogP contribution in [-0.2, 0) is 0 Å². The molecular formula is C12H18ClNO. The molecule has 1 rings (SSSR count). The Morgan fingerprint density at radius 3 is 2.67 bits per heavy atom. The quantitative estimate of drug-likeness (QED) is 0.831. The molecule has 2 atom stereocenters. The Kier molecular flexibility index (Phi) is 4.58. The van der Waals surface area contributed by atoms with Crippen LogP contribution in [0.5, 0.6) is 0 Å². The van der Waals surface area contributed by atoms with E-state index in [0.717, 1.165) is 17.5 Å². The van der Waals surface area contributed by atoms with Gasteiger partial charge in [0.25, 0.3) is 0 Å². The van der Waals surface area contributed by atoms with Crippen LogP contribution >= 0.6 is 11.6 Å². The normalized spacial score (nSPS) is 15.0. The molecule has 0 saturated heterocycles. The summed E-state index contributed by atoms with van der Waals surface area (Å²) < 4.78 is 0. The van der Waals surface area contributed by atoms with Crippen LogP contribution in [0.1, 0.15) is 30.6 Å². The molecule has 0 aromatic heterocycles. The zero-order chi connectivity index (χ0) is 11.4. The largest absolute Gasteiger partial charge is 0.388 e. The number of aliphatic hydroxyl groups is 1. The van der Waals surface area contributed by atoms with E-state index in [9.17, 15) is 5.11 Å². The molecule has 0 radical (unpaired) electrons. The van der Waals surface area contributed by atoms with E-state index in [-0.39, 0.29) is 5.92 Å². The van der Waals surface area contributed by atoms with Crippen molar-refractivity contribution in [3.63, 3.8) is 0 Å². The van der Waals surface area contributed by atoms with E-state index in [1.165, 1.54) is 0 Å². The van der Waals surface area contributed by atoms with Crippen molar-refractivity contribution in [2.75, 3.05) is 6.54 Å². The van der Waals surface area contributed by atoms with Crippen molar-refractivity contribution < 1.29 is 5.11 Å². The fraction of sp³-hybridized carbons (Fsp3) is 0.500. The van der Waals surface area contributed by atoms with Crippen LogP contribution in [-0.4, -0.2) is 11.7 Å². The predicted molar refractivity (Wildman–Crippen MR) is 64.0 cm³/mol. The van der Waals surface area contributed by atoms with Crippen LogP contribution in [0, 0.1) is 12.8 Å². The first-order chi connectivity index (χ1) is 7.11. The van der Waals surface area contributed by atoms with Crippen LogP contribution in [0.2, 0.25) is 5.02 Å². The Morgan fingerprint density at radius 1 is 1.47 bits per heavy atom. The molecule has 0 saturated carbocycles. The van der Waals surface area contributed by atoms with Gasteiger partial charge in [-0.3, -0.25) is 0 Å². The van der Waals surface area contributed by atoms with Gasteiger partial charge in [0.2, 0.25) is 0 Å². The topological polar surface area (TPSA) is 46.2 Å². The maximum atomic E-state index is 10.1. The Bertz CT molecular complexity index is 323. The second-order valence-corrected chi connectivity index (χ2v) is 4.20. The summed E-state index contributed by atoms with van der Waals surface area (Å²) in [6, 6.07) is 5.70. The molecular weight excluding hydrogens is 210 g/mol. The second kappa shape index (κ2) is 5.50. The van der Waals surface area contributed by atoms with E-state index in [1.54, 1.807) is 0 Å². The number of benzene rings is 1. The Hall–Kier alpha value is -0.570. The fourth-order valence-corrected chi connectivity index (χ4v) is 1.91. The summed E-state index contributed by atoms with van der Waals surface area (Å²) in [6.07, 6.45) is 0.287. The maximum Gasteiger partial charge on any atom is 0.0844 e. The number of rotatable bonds is 4. The highest BCUT2D eigenvalue weighted by Gasteiger charge is 2.20. The third kappa shape index (κ3) is 2.71. The van der Waals surface area contributed by atoms with E-state index in [4.69, 9.17) is 17.3 Å². The molecule has 0 aliphatic carbocycles. The van der Waals surface area contributed by atoms with E-state index >= 15 is 0 Å². The van der Waals surface area contributed by atoms with E-state index in [1.807, 2.05) is 32.0 Å². The van der Waals surface area contributed by atoms with Crippen LogP contribution in [0.25, 0.3) is 0 Å². The summed E-state index contributed by atoms with van der Waals surface area (Å²) in [7, 11) is 0. The smallest absolute Gasteiger partial charge is 0.0844 e. The number of hydrogen-bond donors (Lipinski definition) is 2. The Balaban J connectivity index is 2.99. The predicted octanol–water partition coefficient (Wildman–Crippen LogP) is 2.67. The van der Waals surface area contributed by atoms with Gasteiger partial charge in [-0.25, -0.2) is 0 Å². The highest BCUT2D eigenvalue weighted by Crippen LogP contribution is 2.31. The van der Waals surface area contributed by atoms with Crippen molar-refractivity contribution in [3.05, 3.63) is 34.3 Å². The van der Waals surface area contributed by atoms with Gasteiger partial charge in [0, 0.05) is 10.9 Å². The first kappa shape index (κ1) is 12.5.